The molecule has 3 nitrogen and oxygen atoms in total. The Balaban J connectivity index is 2.90. The van der Waals surface area contributed by atoms with Crippen LogP contribution in [0.2, 0.25) is 5.02 Å². The predicted molar refractivity (Wildman–Crippen MR) is 67.3 cm³/mol. The summed E-state index contributed by atoms with van der Waals surface area (Å²) in [6.45, 7) is 0. The third-order valence-electron chi connectivity index (χ3n) is 1.54. The van der Waals surface area contributed by atoms with E-state index in [1.807, 2.05) is 0 Å². The molecule has 1 N–H and O–H groups in total. The van der Waals surface area contributed by atoms with Crippen LogP contribution in [0.1, 0.15) is 0 Å². The van der Waals surface area contributed by atoms with E-state index in [-0.39, 0.29) is 11.6 Å². The molecule has 15 heavy (non-hydrogen) atoms. The smallest absolute Gasteiger partial charge is 0.233 e. The van der Waals surface area contributed by atoms with Crippen molar-refractivity contribution in [3.05, 3.63) is 27.7 Å². The molecule has 0 atom stereocenters. The van der Waals surface area contributed by atoms with Gasteiger partial charge in [-0.1, -0.05) is 11.6 Å². The molecule has 0 amide bonds. The minimum absolute atomic E-state index is 0.0561. The first kappa shape index (κ1) is 13.1. The molecule has 0 aliphatic carbocycles. The third-order valence-corrected chi connectivity index (χ3v) is 4.12. The summed E-state index contributed by atoms with van der Waals surface area (Å²) in [7, 11) is -3.38. The fourth-order valence-corrected chi connectivity index (χ4v) is 3.23. The van der Waals surface area contributed by atoms with Crippen molar-refractivity contribution in [2.75, 3.05) is 16.4 Å². The third kappa shape index (κ3) is 4.18. The lowest BCUT2D eigenvalue weighted by Gasteiger charge is -2.08. The first-order chi connectivity index (χ1) is 6.94. The van der Waals surface area contributed by atoms with Crippen LogP contribution in [0, 0.1) is 0 Å². The molecule has 1 rings (SSSR count). The maximum Gasteiger partial charge on any atom is 0.233 e. The Morgan fingerprint density at radius 2 is 2.07 bits per heavy atom. The average molecular weight is 333 g/mol. The van der Waals surface area contributed by atoms with Gasteiger partial charge in [-0.25, -0.2) is 8.42 Å². The molecule has 1 aromatic carbocycles. The van der Waals surface area contributed by atoms with Crippen molar-refractivity contribution in [2.24, 2.45) is 0 Å². The van der Waals surface area contributed by atoms with E-state index in [0.29, 0.717) is 15.2 Å². The summed E-state index contributed by atoms with van der Waals surface area (Å²) in [6.07, 6.45) is 0. The molecule has 1 aromatic rings. The fraction of sp³-hybridized carbons (Fsp3) is 0.250. The second kappa shape index (κ2) is 5.39. The minimum Gasteiger partial charge on any atom is -0.282 e. The summed E-state index contributed by atoms with van der Waals surface area (Å²) in [6, 6.07) is 4.79. The minimum atomic E-state index is -3.38. The number of hydrogen-bond donors (Lipinski definition) is 1. The highest BCUT2D eigenvalue weighted by atomic mass is 79.9. The maximum absolute atomic E-state index is 11.4. The second-order valence-corrected chi connectivity index (χ2v) is 6.24. The van der Waals surface area contributed by atoms with E-state index < -0.39 is 10.0 Å². The van der Waals surface area contributed by atoms with Gasteiger partial charge in [-0.05, 0) is 34.1 Å². The van der Waals surface area contributed by atoms with Crippen LogP contribution < -0.4 is 4.72 Å². The molecule has 0 aliphatic rings. The number of rotatable bonds is 4. The van der Waals surface area contributed by atoms with Crippen molar-refractivity contribution in [1.29, 1.82) is 0 Å². The Morgan fingerprint density at radius 1 is 1.40 bits per heavy atom. The summed E-state index contributed by atoms with van der Waals surface area (Å²) in [4.78, 5) is 0. The van der Waals surface area contributed by atoms with Crippen molar-refractivity contribution in [3.63, 3.8) is 0 Å². The molecule has 0 saturated carbocycles. The van der Waals surface area contributed by atoms with Gasteiger partial charge in [0.2, 0.25) is 10.0 Å². The van der Waals surface area contributed by atoms with E-state index in [1.165, 1.54) is 0 Å². The van der Waals surface area contributed by atoms with Crippen molar-refractivity contribution < 1.29 is 8.42 Å². The first-order valence-corrected chi connectivity index (χ1v) is 7.32. The number of benzene rings is 1. The normalized spacial score (nSPS) is 11.4. The molecule has 0 spiro atoms. The van der Waals surface area contributed by atoms with Gasteiger partial charge in [-0.15, -0.1) is 11.6 Å². The van der Waals surface area contributed by atoms with Gasteiger partial charge in [-0.2, -0.15) is 0 Å². The van der Waals surface area contributed by atoms with E-state index in [0.717, 1.165) is 0 Å². The van der Waals surface area contributed by atoms with Crippen LogP contribution in [0.3, 0.4) is 0 Å². The van der Waals surface area contributed by atoms with Crippen LogP contribution in [0.4, 0.5) is 5.69 Å². The van der Waals surface area contributed by atoms with E-state index in [2.05, 4.69) is 20.7 Å². The van der Waals surface area contributed by atoms with Crippen molar-refractivity contribution in [1.82, 2.24) is 0 Å². The molecule has 0 fully saturated rings. The molecule has 0 bridgehead atoms. The predicted octanol–water partition coefficient (Wildman–Crippen LogP) is 3.08. The Morgan fingerprint density at radius 3 is 2.60 bits per heavy atom. The summed E-state index contributed by atoms with van der Waals surface area (Å²) in [5.74, 6) is -0.0653. The Hall–Kier alpha value is 0.0300. The molecular weight excluding hydrogens is 325 g/mol. The highest BCUT2D eigenvalue weighted by Crippen LogP contribution is 2.26. The highest BCUT2D eigenvalue weighted by Gasteiger charge is 2.11. The zero-order valence-electron chi connectivity index (χ0n) is 7.50. The van der Waals surface area contributed by atoms with E-state index >= 15 is 0 Å². The van der Waals surface area contributed by atoms with Crippen molar-refractivity contribution in [3.8, 4) is 0 Å². The standard InChI is InChI=1S/C8H8BrCl2NO2S/c9-7-5-6(11)1-2-8(7)12-15(13,14)4-3-10/h1-2,5,12H,3-4H2. The molecule has 0 heterocycles. The van der Waals surface area contributed by atoms with Crippen LogP contribution in [-0.2, 0) is 10.0 Å². The number of alkyl halides is 1. The number of halogens is 3. The average Bonchev–Trinajstić information content (AvgIpc) is 2.09. The first-order valence-electron chi connectivity index (χ1n) is 3.96. The Bertz CT molecular complexity index is 450. The molecule has 7 heteroatoms. The highest BCUT2D eigenvalue weighted by molar-refractivity contribution is 9.10. The van der Waals surface area contributed by atoms with E-state index in [9.17, 15) is 8.42 Å². The van der Waals surface area contributed by atoms with Crippen LogP contribution in [0.15, 0.2) is 22.7 Å². The molecule has 0 unspecified atom stereocenters. The summed E-state index contributed by atoms with van der Waals surface area (Å²) >= 11 is 14.3. The monoisotopic (exact) mass is 331 g/mol. The van der Waals surface area contributed by atoms with Crippen LogP contribution in [-0.4, -0.2) is 20.1 Å². The lowest BCUT2D eigenvalue weighted by Crippen LogP contribution is -2.17. The molecule has 0 aliphatic heterocycles. The molecule has 0 saturated heterocycles. The van der Waals surface area contributed by atoms with Gasteiger partial charge >= 0.3 is 0 Å². The SMILES string of the molecule is O=S(=O)(CCCl)Nc1ccc(Cl)cc1Br. The summed E-state index contributed by atoms with van der Waals surface area (Å²) in [5.41, 5.74) is 0.449. The number of hydrogen-bond acceptors (Lipinski definition) is 2. The van der Waals surface area contributed by atoms with Crippen LogP contribution in [0.5, 0.6) is 0 Å². The molecular formula is C8H8BrCl2NO2S. The topological polar surface area (TPSA) is 46.2 Å². The zero-order valence-corrected chi connectivity index (χ0v) is 11.4. The lowest BCUT2D eigenvalue weighted by atomic mass is 10.3. The van der Waals surface area contributed by atoms with Gasteiger partial charge in [0, 0.05) is 15.4 Å². The number of sulfonamides is 1. The van der Waals surface area contributed by atoms with Gasteiger partial charge in [0.1, 0.15) is 0 Å². The van der Waals surface area contributed by atoms with Gasteiger partial charge in [-0.3, -0.25) is 4.72 Å². The Kier molecular flexibility index (Phi) is 4.70. The van der Waals surface area contributed by atoms with Gasteiger partial charge in [0.05, 0.1) is 11.4 Å². The second-order valence-electron chi connectivity index (χ2n) is 2.73. The molecule has 84 valence electrons. The van der Waals surface area contributed by atoms with Crippen LogP contribution >= 0.6 is 39.1 Å². The molecule has 0 aromatic heterocycles. The van der Waals surface area contributed by atoms with E-state index in [1.54, 1.807) is 18.2 Å². The van der Waals surface area contributed by atoms with Gasteiger partial charge in [0.15, 0.2) is 0 Å². The fourth-order valence-electron chi connectivity index (χ4n) is 0.892. The van der Waals surface area contributed by atoms with Gasteiger partial charge < -0.3 is 0 Å². The maximum atomic E-state index is 11.4. The van der Waals surface area contributed by atoms with Crippen molar-refractivity contribution >= 4 is 54.8 Å². The zero-order chi connectivity index (χ0) is 11.5. The van der Waals surface area contributed by atoms with Crippen molar-refractivity contribution in [2.45, 2.75) is 0 Å². The summed E-state index contributed by atoms with van der Waals surface area (Å²) in [5, 5.41) is 0.530. The Labute approximate surface area is 107 Å². The quantitative estimate of drug-likeness (QED) is 0.861. The summed E-state index contributed by atoms with van der Waals surface area (Å²) < 4.78 is 25.8. The van der Waals surface area contributed by atoms with E-state index in [4.69, 9.17) is 23.2 Å². The van der Waals surface area contributed by atoms with Gasteiger partial charge in [0.25, 0.3) is 0 Å². The number of nitrogens with one attached hydrogen (secondary N) is 1. The lowest BCUT2D eigenvalue weighted by molar-refractivity contribution is 0.602. The van der Waals surface area contributed by atoms with Crippen LogP contribution in [0.25, 0.3) is 0 Å². The molecule has 0 radical (unpaired) electrons. The number of anilines is 1. The largest absolute Gasteiger partial charge is 0.282 e.